The topological polar surface area (TPSA) is 96.8 Å². The van der Waals surface area contributed by atoms with Crippen LogP contribution in [0.1, 0.15) is 118 Å². The van der Waals surface area contributed by atoms with Crippen LogP contribution in [0.2, 0.25) is 0 Å². The Morgan fingerprint density at radius 3 is 2.14 bits per heavy atom. The first-order chi connectivity index (χ1) is 17.3. The van der Waals surface area contributed by atoms with Crippen molar-refractivity contribution < 1.29 is 22.2 Å². The molecule has 3 fully saturated rings. The van der Waals surface area contributed by atoms with Gasteiger partial charge in [-0.3, -0.25) is 8.98 Å². The van der Waals surface area contributed by atoms with Gasteiger partial charge in [0.2, 0.25) is 5.78 Å². The molecule has 208 valence electrons. The number of carbonyl (C=O) groups is 1. The summed E-state index contributed by atoms with van der Waals surface area (Å²) in [6, 6.07) is 0. The van der Waals surface area contributed by atoms with Gasteiger partial charge >= 0.3 is 5.71 Å². The summed E-state index contributed by atoms with van der Waals surface area (Å²) in [6.07, 6.45) is 14.0. The molecule has 0 spiro atoms. The van der Waals surface area contributed by atoms with Crippen LogP contribution in [0.15, 0.2) is 11.0 Å². The predicted molar refractivity (Wildman–Crippen MR) is 146 cm³/mol. The molecule has 7 heteroatoms. The highest BCUT2D eigenvalue weighted by Crippen LogP contribution is 2.49. The normalized spacial score (nSPS) is 32.5. The zero-order valence-corrected chi connectivity index (χ0v) is 24.5. The SMILES string of the molecule is CC(C)(C)CC(C)(C)C1CCC(OS(=O)(=O)C2=CC(=[N+]=[N-])C(=O)C3CC(C4CCCCC4)CCC23)CC1. The second-order valence-corrected chi connectivity index (χ2v) is 15.9. The monoisotopic (exact) mass is 532 g/mol. The number of allylic oxidation sites excluding steroid dienone is 2. The lowest BCUT2D eigenvalue weighted by atomic mass is 9.64. The van der Waals surface area contributed by atoms with Crippen molar-refractivity contribution in [2.75, 3.05) is 0 Å². The van der Waals surface area contributed by atoms with Gasteiger partial charge in [0.05, 0.1) is 11.0 Å². The van der Waals surface area contributed by atoms with Gasteiger partial charge in [0.25, 0.3) is 10.1 Å². The van der Waals surface area contributed by atoms with Gasteiger partial charge in [-0.05, 0) is 80.0 Å². The lowest BCUT2D eigenvalue weighted by molar-refractivity contribution is -0.124. The highest BCUT2D eigenvalue weighted by Gasteiger charge is 2.50. The molecule has 0 aliphatic heterocycles. The third-order valence-electron chi connectivity index (χ3n) is 9.87. The van der Waals surface area contributed by atoms with Crippen molar-refractivity contribution in [3.8, 4) is 0 Å². The van der Waals surface area contributed by atoms with Crippen LogP contribution in [0, 0.1) is 40.4 Å². The maximum Gasteiger partial charge on any atom is 0.359 e. The van der Waals surface area contributed by atoms with Crippen LogP contribution in [0.3, 0.4) is 0 Å². The summed E-state index contributed by atoms with van der Waals surface area (Å²) in [5.41, 5.74) is 9.86. The molecule has 0 aromatic carbocycles. The van der Waals surface area contributed by atoms with Crippen LogP contribution in [-0.2, 0) is 19.1 Å². The van der Waals surface area contributed by atoms with Crippen molar-refractivity contribution in [2.45, 2.75) is 124 Å². The van der Waals surface area contributed by atoms with Gasteiger partial charge in [-0.2, -0.15) is 13.2 Å². The molecule has 0 amide bonds. The zero-order chi connectivity index (χ0) is 27.0. The number of rotatable bonds is 6. The van der Waals surface area contributed by atoms with Gasteiger partial charge in [-0.15, -0.1) is 0 Å². The quantitative estimate of drug-likeness (QED) is 0.207. The zero-order valence-electron chi connectivity index (χ0n) is 23.7. The first kappa shape index (κ1) is 28.7. The van der Waals surface area contributed by atoms with E-state index in [1.807, 2.05) is 0 Å². The van der Waals surface area contributed by atoms with Gasteiger partial charge in [0.1, 0.15) is 0 Å². The fraction of sp³-hybridized carbons (Fsp3) is 0.867. The van der Waals surface area contributed by atoms with E-state index in [2.05, 4.69) is 39.4 Å². The Balaban J connectivity index is 1.44. The summed E-state index contributed by atoms with van der Waals surface area (Å²) in [5, 5.41) is 0. The van der Waals surface area contributed by atoms with Crippen molar-refractivity contribution in [3.63, 3.8) is 0 Å². The number of hydrogen-bond acceptors (Lipinski definition) is 4. The number of hydrogen-bond donors (Lipinski definition) is 0. The summed E-state index contributed by atoms with van der Waals surface area (Å²) >= 11 is 0. The van der Waals surface area contributed by atoms with Gasteiger partial charge < -0.3 is 5.53 Å². The minimum atomic E-state index is -4.03. The molecule has 0 aromatic rings. The lowest BCUT2D eigenvalue weighted by Gasteiger charge is -2.43. The average Bonchev–Trinajstić information content (AvgIpc) is 2.83. The third-order valence-corrected chi connectivity index (χ3v) is 11.4. The number of nitrogens with zero attached hydrogens (tertiary/aromatic N) is 2. The summed E-state index contributed by atoms with van der Waals surface area (Å²) in [6.45, 7) is 11.5. The van der Waals surface area contributed by atoms with Crippen molar-refractivity contribution in [3.05, 3.63) is 16.5 Å². The van der Waals surface area contributed by atoms with Gasteiger partial charge in [0, 0.05) is 17.9 Å². The van der Waals surface area contributed by atoms with Crippen LogP contribution < -0.4 is 0 Å². The standard InChI is InChI=1S/C30H48N2O4S/c1-29(2,3)19-30(4,5)22-12-14-23(15-13-22)36-37(34,35)27-18-26(32-31)28(33)25-17-21(11-16-24(25)27)20-9-7-6-8-10-20/h18,20-25H,6-17,19H2,1-5H3. The molecule has 3 unspecified atom stereocenters. The molecular weight excluding hydrogens is 484 g/mol. The maximum atomic E-state index is 13.6. The van der Waals surface area contributed by atoms with Crippen LogP contribution in [-0.4, -0.2) is 30.8 Å². The van der Waals surface area contributed by atoms with Crippen LogP contribution in [0.25, 0.3) is 5.53 Å². The Kier molecular flexibility index (Phi) is 8.58. The Hall–Kier alpha value is -1.30. The Morgan fingerprint density at radius 2 is 1.54 bits per heavy atom. The van der Waals surface area contributed by atoms with E-state index in [4.69, 9.17) is 4.18 Å². The number of ketones is 1. The van der Waals surface area contributed by atoms with E-state index in [1.165, 1.54) is 38.2 Å². The maximum absolute atomic E-state index is 13.6. The molecule has 4 rings (SSSR count). The van der Waals surface area contributed by atoms with E-state index >= 15 is 0 Å². The van der Waals surface area contributed by atoms with Gasteiger partial charge in [0.15, 0.2) is 0 Å². The minimum Gasteiger partial charge on any atom is -0.361 e. The number of carbonyl (C=O) groups excluding carboxylic acids is 1. The van der Waals surface area contributed by atoms with Crippen LogP contribution in [0.4, 0.5) is 0 Å². The van der Waals surface area contributed by atoms with Gasteiger partial charge in [-0.1, -0.05) is 66.7 Å². The fourth-order valence-electron chi connectivity index (χ4n) is 8.39. The van der Waals surface area contributed by atoms with Crippen LogP contribution in [0.5, 0.6) is 0 Å². The van der Waals surface area contributed by atoms with E-state index in [0.29, 0.717) is 30.6 Å². The molecule has 0 N–H and O–H groups in total. The molecule has 37 heavy (non-hydrogen) atoms. The highest BCUT2D eigenvalue weighted by molar-refractivity contribution is 7.90. The first-order valence-electron chi connectivity index (χ1n) is 14.7. The van der Waals surface area contributed by atoms with Crippen molar-refractivity contribution in [2.24, 2.45) is 40.4 Å². The molecule has 4 aliphatic carbocycles. The lowest BCUT2D eigenvalue weighted by Crippen LogP contribution is -2.43. The third kappa shape index (κ3) is 6.65. The molecule has 4 aliphatic rings. The molecule has 0 bridgehead atoms. The summed E-state index contributed by atoms with van der Waals surface area (Å²) in [4.78, 5) is 16.5. The molecule has 3 atom stereocenters. The Labute approximate surface area is 224 Å². The van der Waals surface area contributed by atoms with E-state index in [1.54, 1.807) is 0 Å². The summed E-state index contributed by atoms with van der Waals surface area (Å²) < 4.78 is 33.0. The Bertz CT molecular complexity index is 1030. The minimum absolute atomic E-state index is 0.139. The molecule has 0 heterocycles. The second kappa shape index (κ2) is 11.1. The summed E-state index contributed by atoms with van der Waals surface area (Å²) in [7, 11) is -4.03. The molecule has 0 radical (unpaired) electrons. The molecule has 0 aromatic heterocycles. The van der Waals surface area contributed by atoms with Crippen molar-refractivity contribution in [1.82, 2.24) is 0 Å². The first-order valence-corrected chi connectivity index (χ1v) is 16.1. The van der Waals surface area contributed by atoms with Crippen molar-refractivity contribution >= 4 is 21.6 Å². The van der Waals surface area contributed by atoms with E-state index < -0.39 is 16.0 Å². The van der Waals surface area contributed by atoms with E-state index in [0.717, 1.165) is 38.5 Å². The molecule has 0 saturated heterocycles. The highest BCUT2D eigenvalue weighted by atomic mass is 32.2. The fourth-order valence-corrected chi connectivity index (χ4v) is 9.96. The predicted octanol–water partition coefficient (Wildman–Crippen LogP) is 7.10. The number of Topliss-reactive ketones (excluding diaryl/α,β-unsaturated/α-hetero) is 1. The second-order valence-electron chi connectivity index (χ2n) is 14.3. The largest absolute Gasteiger partial charge is 0.361 e. The van der Waals surface area contributed by atoms with E-state index in [-0.39, 0.29) is 39.3 Å². The van der Waals surface area contributed by atoms with Crippen LogP contribution >= 0.6 is 0 Å². The van der Waals surface area contributed by atoms with Gasteiger partial charge in [-0.25, -0.2) is 0 Å². The average molecular weight is 533 g/mol. The molecule has 3 saturated carbocycles. The Morgan fingerprint density at radius 1 is 0.892 bits per heavy atom. The molecular formula is C30H48N2O4S. The smallest absolute Gasteiger partial charge is 0.359 e. The van der Waals surface area contributed by atoms with E-state index in [9.17, 15) is 18.7 Å². The molecule has 6 nitrogen and oxygen atoms in total. The number of fused-ring (bicyclic) bond motifs is 1. The van der Waals surface area contributed by atoms with Crippen molar-refractivity contribution in [1.29, 1.82) is 0 Å². The summed E-state index contributed by atoms with van der Waals surface area (Å²) in [5.74, 6) is 0.600.